The van der Waals surface area contributed by atoms with E-state index in [1.165, 1.54) is 0 Å². The van der Waals surface area contributed by atoms with Crippen molar-refractivity contribution in [3.8, 4) is 11.5 Å². The van der Waals surface area contributed by atoms with E-state index < -0.39 is 0 Å². The molecule has 7 heteroatoms. The van der Waals surface area contributed by atoms with Crippen LogP contribution >= 0.6 is 0 Å². The highest BCUT2D eigenvalue weighted by Gasteiger charge is 2.12. The van der Waals surface area contributed by atoms with Crippen LogP contribution in [0.4, 0.5) is 5.69 Å². The third-order valence-corrected chi connectivity index (χ3v) is 4.53. The maximum absolute atomic E-state index is 12.1. The summed E-state index contributed by atoms with van der Waals surface area (Å²) in [4.78, 5) is 14.4. The summed E-state index contributed by atoms with van der Waals surface area (Å²) >= 11 is 0. The van der Waals surface area contributed by atoms with Gasteiger partial charge < -0.3 is 19.7 Å². The Morgan fingerprint density at radius 2 is 1.83 bits per heavy atom. The standard InChI is InChI=1S/C22H28N4O3/c1-3-28-21-15-18(16-23-26-13-11-25(2)12-14-26)9-10-20(21)29-17-22(27)24-19-7-5-4-6-8-19/h4-10,15-16H,3,11-14,17H2,1-2H3,(H,24,27)/b23-16-. The van der Waals surface area contributed by atoms with Crippen molar-refractivity contribution in [3.63, 3.8) is 0 Å². The molecule has 1 fully saturated rings. The van der Waals surface area contributed by atoms with Gasteiger partial charge in [-0.05, 0) is 49.9 Å². The second-order valence-corrected chi connectivity index (χ2v) is 6.84. The molecule has 1 saturated heterocycles. The highest BCUT2D eigenvalue weighted by molar-refractivity contribution is 5.91. The number of para-hydroxylation sites is 1. The average molecular weight is 396 g/mol. The van der Waals surface area contributed by atoms with Gasteiger partial charge in [-0.25, -0.2) is 0 Å². The lowest BCUT2D eigenvalue weighted by atomic mass is 10.2. The lowest BCUT2D eigenvalue weighted by Crippen LogP contribution is -2.41. The summed E-state index contributed by atoms with van der Waals surface area (Å²) in [6.45, 7) is 6.19. The minimum Gasteiger partial charge on any atom is -0.490 e. The second kappa shape index (κ2) is 10.5. The van der Waals surface area contributed by atoms with Gasteiger partial charge in [-0.15, -0.1) is 0 Å². The van der Waals surface area contributed by atoms with Gasteiger partial charge in [0, 0.05) is 31.9 Å². The van der Waals surface area contributed by atoms with Gasteiger partial charge >= 0.3 is 0 Å². The van der Waals surface area contributed by atoms with Crippen LogP contribution in [0.5, 0.6) is 11.5 Å². The third kappa shape index (κ3) is 6.50. The van der Waals surface area contributed by atoms with Gasteiger partial charge in [-0.2, -0.15) is 5.10 Å². The Bertz CT molecular complexity index is 818. The van der Waals surface area contributed by atoms with Crippen LogP contribution in [0.2, 0.25) is 0 Å². The van der Waals surface area contributed by atoms with Crippen molar-refractivity contribution in [2.75, 3.05) is 51.8 Å². The molecule has 2 aromatic carbocycles. The van der Waals surface area contributed by atoms with E-state index in [0.29, 0.717) is 18.1 Å². The van der Waals surface area contributed by atoms with E-state index in [-0.39, 0.29) is 12.5 Å². The number of benzene rings is 2. The summed E-state index contributed by atoms with van der Waals surface area (Å²) in [6.07, 6.45) is 1.83. The molecule has 1 aliphatic rings. The van der Waals surface area contributed by atoms with E-state index in [2.05, 4.69) is 27.4 Å². The topological polar surface area (TPSA) is 66.4 Å². The SMILES string of the molecule is CCOc1cc(/C=N\N2CCN(C)CC2)ccc1OCC(=O)Nc1ccccc1. The molecular weight excluding hydrogens is 368 g/mol. The largest absolute Gasteiger partial charge is 0.490 e. The molecule has 3 rings (SSSR count). The minimum atomic E-state index is -0.223. The molecule has 0 atom stereocenters. The molecule has 7 nitrogen and oxygen atoms in total. The van der Waals surface area contributed by atoms with Crippen molar-refractivity contribution in [2.24, 2.45) is 5.10 Å². The number of anilines is 1. The summed E-state index contributed by atoms with van der Waals surface area (Å²) < 4.78 is 11.4. The minimum absolute atomic E-state index is 0.0936. The maximum atomic E-state index is 12.1. The zero-order valence-electron chi connectivity index (χ0n) is 17.0. The highest BCUT2D eigenvalue weighted by Crippen LogP contribution is 2.28. The Kier molecular flexibility index (Phi) is 7.47. The molecule has 1 amide bonds. The number of amides is 1. The monoisotopic (exact) mass is 396 g/mol. The zero-order valence-corrected chi connectivity index (χ0v) is 17.0. The molecule has 0 aromatic heterocycles. The number of ether oxygens (including phenoxy) is 2. The number of carbonyl (C=O) groups is 1. The Morgan fingerprint density at radius 3 is 2.55 bits per heavy atom. The molecule has 0 saturated carbocycles. The lowest BCUT2D eigenvalue weighted by Gasteiger charge is -2.30. The van der Waals surface area contributed by atoms with Crippen molar-refractivity contribution in [1.29, 1.82) is 0 Å². The van der Waals surface area contributed by atoms with Gasteiger partial charge in [-0.3, -0.25) is 9.80 Å². The number of hydrogen-bond acceptors (Lipinski definition) is 6. The molecule has 0 spiro atoms. The molecule has 0 aliphatic carbocycles. The number of carbonyl (C=O) groups excluding carboxylic acids is 1. The summed E-state index contributed by atoms with van der Waals surface area (Å²) in [5.74, 6) is 0.911. The summed E-state index contributed by atoms with van der Waals surface area (Å²) in [5.41, 5.74) is 1.66. The molecule has 0 bridgehead atoms. The van der Waals surface area contributed by atoms with E-state index >= 15 is 0 Å². The van der Waals surface area contributed by atoms with Gasteiger partial charge in [0.05, 0.1) is 12.8 Å². The fourth-order valence-corrected chi connectivity index (χ4v) is 2.91. The molecular formula is C22H28N4O3. The number of nitrogens with zero attached hydrogens (tertiary/aromatic N) is 3. The smallest absolute Gasteiger partial charge is 0.262 e. The van der Waals surface area contributed by atoms with Gasteiger partial charge in [-0.1, -0.05) is 18.2 Å². The van der Waals surface area contributed by atoms with Gasteiger partial charge in [0.2, 0.25) is 0 Å². The molecule has 1 aliphatic heterocycles. The maximum Gasteiger partial charge on any atom is 0.262 e. The first kappa shape index (κ1) is 20.7. The van der Waals surface area contributed by atoms with E-state index in [0.717, 1.165) is 37.4 Å². The van der Waals surface area contributed by atoms with Crippen LogP contribution in [-0.2, 0) is 4.79 Å². The van der Waals surface area contributed by atoms with Crippen LogP contribution in [0, 0.1) is 0 Å². The summed E-state index contributed by atoms with van der Waals surface area (Å²) in [6, 6.07) is 14.9. The molecule has 29 heavy (non-hydrogen) atoms. The van der Waals surface area contributed by atoms with Crippen LogP contribution in [0.1, 0.15) is 12.5 Å². The van der Waals surface area contributed by atoms with Crippen LogP contribution in [0.15, 0.2) is 53.6 Å². The van der Waals surface area contributed by atoms with E-state index in [1.807, 2.05) is 61.7 Å². The quantitative estimate of drug-likeness (QED) is 0.695. The van der Waals surface area contributed by atoms with Crippen molar-refractivity contribution in [3.05, 3.63) is 54.1 Å². The van der Waals surface area contributed by atoms with Gasteiger partial charge in [0.25, 0.3) is 5.91 Å². The molecule has 2 aromatic rings. The Morgan fingerprint density at radius 1 is 1.07 bits per heavy atom. The first-order valence-electron chi connectivity index (χ1n) is 9.86. The fraction of sp³-hybridized carbons (Fsp3) is 0.364. The summed E-state index contributed by atoms with van der Waals surface area (Å²) in [7, 11) is 2.12. The lowest BCUT2D eigenvalue weighted by molar-refractivity contribution is -0.118. The Labute approximate surface area is 171 Å². The van der Waals surface area contributed by atoms with Crippen molar-refractivity contribution in [1.82, 2.24) is 9.91 Å². The normalized spacial score (nSPS) is 14.8. The zero-order chi connectivity index (χ0) is 20.5. The van der Waals surface area contributed by atoms with Crippen LogP contribution in [-0.4, -0.2) is 68.5 Å². The average Bonchev–Trinajstić information content (AvgIpc) is 2.73. The Hall–Kier alpha value is -3.06. The molecule has 154 valence electrons. The van der Waals surface area contributed by atoms with Crippen molar-refractivity contribution in [2.45, 2.75) is 6.92 Å². The van der Waals surface area contributed by atoms with Crippen molar-refractivity contribution >= 4 is 17.8 Å². The van der Waals surface area contributed by atoms with Crippen molar-refractivity contribution < 1.29 is 14.3 Å². The predicted octanol–water partition coefficient (Wildman–Crippen LogP) is 2.68. The second-order valence-electron chi connectivity index (χ2n) is 6.84. The van der Waals surface area contributed by atoms with E-state index in [1.54, 1.807) is 0 Å². The Balaban J connectivity index is 1.59. The fourth-order valence-electron chi connectivity index (χ4n) is 2.91. The van der Waals surface area contributed by atoms with E-state index in [4.69, 9.17) is 9.47 Å². The van der Waals surface area contributed by atoms with Crippen LogP contribution < -0.4 is 14.8 Å². The number of rotatable bonds is 8. The predicted molar refractivity (Wildman–Crippen MR) is 115 cm³/mol. The van der Waals surface area contributed by atoms with Gasteiger partial charge in [0.1, 0.15) is 0 Å². The first-order valence-corrected chi connectivity index (χ1v) is 9.86. The number of hydrogen-bond donors (Lipinski definition) is 1. The number of piperazine rings is 1. The molecule has 0 radical (unpaired) electrons. The number of hydrazone groups is 1. The highest BCUT2D eigenvalue weighted by atomic mass is 16.5. The molecule has 0 unspecified atom stereocenters. The first-order chi connectivity index (χ1) is 14.1. The number of likely N-dealkylation sites (N-methyl/N-ethyl adjacent to an activating group) is 1. The van der Waals surface area contributed by atoms with Crippen LogP contribution in [0.3, 0.4) is 0 Å². The van der Waals surface area contributed by atoms with Crippen LogP contribution in [0.25, 0.3) is 0 Å². The summed E-state index contributed by atoms with van der Waals surface area (Å²) in [5, 5.41) is 9.43. The van der Waals surface area contributed by atoms with E-state index in [9.17, 15) is 4.79 Å². The molecule has 1 N–H and O–H groups in total. The number of nitrogens with one attached hydrogen (secondary N) is 1. The van der Waals surface area contributed by atoms with Gasteiger partial charge in [0.15, 0.2) is 18.1 Å². The third-order valence-electron chi connectivity index (χ3n) is 4.53. The molecule has 1 heterocycles.